The van der Waals surface area contributed by atoms with Crippen molar-refractivity contribution in [1.29, 1.82) is 0 Å². The molecule has 0 saturated carbocycles. The lowest BCUT2D eigenvalue weighted by Gasteiger charge is -2.30. The number of aryl methyl sites for hydroxylation is 2. The van der Waals surface area contributed by atoms with Crippen molar-refractivity contribution >= 4 is 5.97 Å². The third kappa shape index (κ3) is 2.72. The first-order valence-electron chi connectivity index (χ1n) is 6.33. The van der Waals surface area contributed by atoms with Crippen molar-refractivity contribution in [2.24, 2.45) is 5.92 Å². The monoisotopic (exact) mass is 252 g/mol. The van der Waals surface area contributed by atoms with E-state index in [1.807, 2.05) is 13.8 Å². The number of aromatic nitrogens is 1. The molecule has 1 aliphatic heterocycles. The Balaban J connectivity index is 1.89. The van der Waals surface area contributed by atoms with Crippen molar-refractivity contribution in [2.75, 3.05) is 20.2 Å². The van der Waals surface area contributed by atoms with Crippen LogP contribution in [0.5, 0.6) is 0 Å². The van der Waals surface area contributed by atoms with Crippen LogP contribution in [0.2, 0.25) is 0 Å². The summed E-state index contributed by atoms with van der Waals surface area (Å²) in [7, 11) is 1.46. The molecular weight excluding hydrogens is 232 g/mol. The van der Waals surface area contributed by atoms with Crippen LogP contribution in [0.4, 0.5) is 0 Å². The summed E-state index contributed by atoms with van der Waals surface area (Å²) in [4.78, 5) is 13.8. The number of esters is 1. The van der Waals surface area contributed by atoms with Gasteiger partial charge in [-0.3, -0.25) is 9.69 Å². The first kappa shape index (κ1) is 13.1. The standard InChI is InChI=1S/C13H20N2O3/c1-9-12(10(2)18-14-9)8-15-6-4-11(5-7-15)13(16)17-3/h11H,4-8H2,1-3H3. The van der Waals surface area contributed by atoms with Crippen LogP contribution in [-0.4, -0.2) is 36.2 Å². The number of carbonyl (C=O) groups is 1. The van der Waals surface area contributed by atoms with E-state index in [1.165, 1.54) is 12.7 Å². The van der Waals surface area contributed by atoms with Gasteiger partial charge in [-0.05, 0) is 39.8 Å². The molecule has 18 heavy (non-hydrogen) atoms. The van der Waals surface area contributed by atoms with Crippen molar-refractivity contribution in [3.05, 3.63) is 17.0 Å². The smallest absolute Gasteiger partial charge is 0.308 e. The fraction of sp³-hybridized carbons (Fsp3) is 0.692. The normalized spacial score (nSPS) is 17.9. The SMILES string of the molecule is COC(=O)C1CCN(Cc2c(C)noc2C)CC1. The average molecular weight is 252 g/mol. The highest BCUT2D eigenvalue weighted by Crippen LogP contribution is 2.22. The molecule has 0 spiro atoms. The molecule has 1 fully saturated rings. The molecule has 0 unspecified atom stereocenters. The van der Waals surface area contributed by atoms with Gasteiger partial charge in [-0.1, -0.05) is 5.16 Å². The van der Waals surface area contributed by atoms with E-state index in [4.69, 9.17) is 9.26 Å². The van der Waals surface area contributed by atoms with E-state index in [9.17, 15) is 4.79 Å². The molecule has 1 saturated heterocycles. The van der Waals surface area contributed by atoms with E-state index in [2.05, 4.69) is 10.1 Å². The Morgan fingerprint density at radius 2 is 2.11 bits per heavy atom. The molecule has 100 valence electrons. The lowest BCUT2D eigenvalue weighted by molar-refractivity contribution is -0.147. The van der Waals surface area contributed by atoms with E-state index >= 15 is 0 Å². The number of methoxy groups -OCH3 is 1. The van der Waals surface area contributed by atoms with Crippen LogP contribution in [0, 0.1) is 19.8 Å². The number of likely N-dealkylation sites (tertiary alicyclic amines) is 1. The fourth-order valence-electron chi connectivity index (χ4n) is 2.44. The van der Waals surface area contributed by atoms with E-state index < -0.39 is 0 Å². The average Bonchev–Trinajstić information content (AvgIpc) is 2.70. The first-order valence-corrected chi connectivity index (χ1v) is 6.33. The van der Waals surface area contributed by atoms with Crippen LogP contribution in [0.3, 0.4) is 0 Å². The quantitative estimate of drug-likeness (QED) is 0.766. The molecule has 0 amide bonds. The first-order chi connectivity index (χ1) is 8.61. The molecule has 2 rings (SSSR count). The zero-order valence-electron chi connectivity index (χ0n) is 11.2. The van der Waals surface area contributed by atoms with Gasteiger partial charge in [0.2, 0.25) is 0 Å². The molecule has 0 aliphatic carbocycles. The van der Waals surface area contributed by atoms with Gasteiger partial charge in [0.25, 0.3) is 0 Å². The summed E-state index contributed by atoms with van der Waals surface area (Å²) in [6.07, 6.45) is 1.74. The Bertz CT molecular complexity index is 400. The molecule has 2 heterocycles. The molecule has 0 N–H and O–H groups in total. The molecule has 0 atom stereocenters. The molecule has 0 radical (unpaired) electrons. The van der Waals surface area contributed by atoms with Gasteiger partial charge < -0.3 is 9.26 Å². The van der Waals surface area contributed by atoms with Crippen molar-refractivity contribution in [1.82, 2.24) is 10.1 Å². The highest BCUT2D eigenvalue weighted by atomic mass is 16.5. The number of nitrogens with zero attached hydrogens (tertiary/aromatic N) is 2. The molecule has 1 aromatic rings. The highest BCUT2D eigenvalue weighted by Gasteiger charge is 2.26. The second-order valence-corrected chi connectivity index (χ2v) is 4.88. The number of rotatable bonds is 3. The Morgan fingerprint density at radius 1 is 1.44 bits per heavy atom. The van der Waals surface area contributed by atoms with E-state index in [0.29, 0.717) is 0 Å². The second-order valence-electron chi connectivity index (χ2n) is 4.88. The van der Waals surface area contributed by atoms with Crippen molar-refractivity contribution in [3.63, 3.8) is 0 Å². The number of hydrogen-bond donors (Lipinski definition) is 0. The maximum atomic E-state index is 11.4. The molecule has 1 aliphatic rings. The van der Waals surface area contributed by atoms with E-state index in [1.54, 1.807) is 0 Å². The predicted molar refractivity (Wildman–Crippen MR) is 66.0 cm³/mol. The maximum absolute atomic E-state index is 11.4. The van der Waals surface area contributed by atoms with Crippen LogP contribution >= 0.6 is 0 Å². The Labute approximate surface area is 107 Å². The summed E-state index contributed by atoms with van der Waals surface area (Å²) in [5.74, 6) is 0.880. The second kappa shape index (κ2) is 5.52. The van der Waals surface area contributed by atoms with Crippen LogP contribution in [0.1, 0.15) is 29.9 Å². The highest BCUT2D eigenvalue weighted by molar-refractivity contribution is 5.72. The third-order valence-electron chi connectivity index (χ3n) is 3.69. The van der Waals surface area contributed by atoms with Gasteiger partial charge in [-0.2, -0.15) is 0 Å². The summed E-state index contributed by atoms with van der Waals surface area (Å²) in [6, 6.07) is 0. The van der Waals surface area contributed by atoms with E-state index in [0.717, 1.165) is 43.9 Å². The summed E-state index contributed by atoms with van der Waals surface area (Å²) < 4.78 is 9.95. The summed E-state index contributed by atoms with van der Waals surface area (Å²) in [5, 5.41) is 3.96. The Hall–Kier alpha value is -1.36. The van der Waals surface area contributed by atoms with Gasteiger partial charge in [0.05, 0.1) is 18.7 Å². The lowest BCUT2D eigenvalue weighted by atomic mass is 9.96. The minimum absolute atomic E-state index is 0.0657. The van der Waals surface area contributed by atoms with Gasteiger partial charge in [-0.15, -0.1) is 0 Å². The van der Waals surface area contributed by atoms with Crippen molar-refractivity contribution in [3.8, 4) is 0 Å². The minimum Gasteiger partial charge on any atom is -0.469 e. The topological polar surface area (TPSA) is 55.6 Å². The van der Waals surface area contributed by atoms with Crippen molar-refractivity contribution < 1.29 is 14.1 Å². The van der Waals surface area contributed by atoms with Crippen molar-refractivity contribution in [2.45, 2.75) is 33.2 Å². The number of piperidine rings is 1. The molecule has 1 aromatic heterocycles. The van der Waals surface area contributed by atoms with Crippen LogP contribution in [0.25, 0.3) is 0 Å². The fourth-order valence-corrected chi connectivity index (χ4v) is 2.44. The lowest BCUT2D eigenvalue weighted by Crippen LogP contribution is -2.36. The molecular formula is C13H20N2O3. The van der Waals surface area contributed by atoms with Gasteiger partial charge in [0.1, 0.15) is 5.76 Å². The van der Waals surface area contributed by atoms with E-state index in [-0.39, 0.29) is 11.9 Å². The molecule has 5 heteroatoms. The molecule has 0 aromatic carbocycles. The Morgan fingerprint density at radius 3 is 2.61 bits per heavy atom. The predicted octanol–water partition coefficient (Wildman–Crippen LogP) is 1.68. The Kier molecular flexibility index (Phi) is 4.01. The van der Waals surface area contributed by atoms with Crippen LogP contribution in [0.15, 0.2) is 4.52 Å². The summed E-state index contributed by atoms with van der Waals surface area (Å²) in [6.45, 7) is 6.60. The molecule has 5 nitrogen and oxygen atoms in total. The zero-order valence-corrected chi connectivity index (χ0v) is 11.2. The number of carbonyl (C=O) groups excluding carboxylic acids is 1. The van der Waals surface area contributed by atoms with Gasteiger partial charge in [0, 0.05) is 12.1 Å². The number of hydrogen-bond acceptors (Lipinski definition) is 5. The minimum atomic E-state index is -0.0769. The van der Waals surface area contributed by atoms with Gasteiger partial charge in [-0.25, -0.2) is 0 Å². The van der Waals surface area contributed by atoms with Crippen LogP contribution in [-0.2, 0) is 16.1 Å². The summed E-state index contributed by atoms with van der Waals surface area (Å²) in [5.41, 5.74) is 2.13. The zero-order chi connectivity index (χ0) is 13.1. The summed E-state index contributed by atoms with van der Waals surface area (Å²) >= 11 is 0. The maximum Gasteiger partial charge on any atom is 0.308 e. The van der Waals surface area contributed by atoms with Gasteiger partial charge in [0.15, 0.2) is 0 Å². The van der Waals surface area contributed by atoms with Gasteiger partial charge >= 0.3 is 5.97 Å². The van der Waals surface area contributed by atoms with Crippen LogP contribution < -0.4 is 0 Å². The largest absolute Gasteiger partial charge is 0.469 e. The molecule has 0 bridgehead atoms. The number of ether oxygens (including phenoxy) is 1. The third-order valence-corrected chi connectivity index (χ3v) is 3.69.